The summed E-state index contributed by atoms with van der Waals surface area (Å²) in [7, 11) is 2.89. The van der Waals surface area contributed by atoms with Crippen LogP contribution in [0.1, 0.15) is 16.8 Å². The molecule has 1 aromatic rings. The number of rotatable bonds is 7. The Morgan fingerprint density at radius 1 is 1.21 bits per heavy atom. The molecule has 0 N–H and O–H groups in total. The highest BCUT2D eigenvalue weighted by molar-refractivity contribution is 5.94. The van der Waals surface area contributed by atoms with Gasteiger partial charge >= 0.3 is 5.97 Å². The van der Waals surface area contributed by atoms with Gasteiger partial charge in [-0.05, 0) is 12.1 Å². The van der Waals surface area contributed by atoms with E-state index in [0.29, 0.717) is 25.3 Å². The number of methoxy groups -OCH3 is 2. The molecule has 19 heavy (non-hydrogen) atoms. The minimum absolute atomic E-state index is 0.150. The van der Waals surface area contributed by atoms with E-state index in [4.69, 9.17) is 4.74 Å². The fourth-order valence-corrected chi connectivity index (χ4v) is 1.52. The summed E-state index contributed by atoms with van der Waals surface area (Å²) in [6, 6.07) is 3.28. The lowest BCUT2D eigenvalue weighted by molar-refractivity contribution is -0.140. The quantitative estimate of drug-likeness (QED) is 0.681. The van der Waals surface area contributed by atoms with E-state index in [0.717, 1.165) is 0 Å². The maximum atomic E-state index is 12.2. The molecule has 6 heteroatoms. The second-order valence-electron chi connectivity index (χ2n) is 3.85. The average Bonchev–Trinajstić information content (AvgIpc) is 2.47. The third-order valence-corrected chi connectivity index (χ3v) is 2.59. The van der Waals surface area contributed by atoms with E-state index in [-0.39, 0.29) is 18.3 Å². The largest absolute Gasteiger partial charge is 0.469 e. The van der Waals surface area contributed by atoms with E-state index in [1.165, 1.54) is 7.11 Å². The zero-order valence-corrected chi connectivity index (χ0v) is 11.2. The zero-order valence-electron chi connectivity index (χ0n) is 11.2. The SMILES string of the molecule is COCCN(CCC(=O)OC)C(=O)c1ccncc1. The molecule has 0 unspecified atom stereocenters. The Balaban J connectivity index is 2.67. The molecule has 0 aliphatic heterocycles. The van der Waals surface area contributed by atoms with Gasteiger partial charge in [0.25, 0.3) is 5.91 Å². The third-order valence-electron chi connectivity index (χ3n) is 2.59. The van der Waals surface area contributed by atoms with Gasteiger partial charge in [-0.3, -0.25) is 14.6 Å². The summed E-state index contributed by atoms with van der Waals surface area (Å²) in [6.45, 7) is 1.14. The molecule has 0 aliphatic rings. The van der Waals surface area contributed by atoms with Crippen LogP contribution in [-0.4, -0.2) is 55.7 Å². The van der Waals surface area contributed by atoms with Gasteiger partial charge in [0.1, 0.15) is 0 Å². The third kappa shape index (κ3) is 5.05. The first kappa shape index (κ1) is 15.1. The number of hydrogen-bond acceptors (Lipinski definition) is 5. The van der Waals surface area contributed by atoms with Crippen LogP contribution >= 0.6 is 0 Å². The Morgan fingerprint density at radius 2 is 1.89 bits per heavy atom. The van der Waals surface area contributed by atoms with Crippen LogP contribution in [0, 0.1) is 0 Å². The molecule has 0 saturated heterocycles. The Hall–Kier alpha value is -1.95. The molecule has 0 fully saturated rings. The monoisotopic (exact) mass is 266 g/mol. The number of nitrogens with zero attached hydrogens (tertiary/aromatic N) is 2. The Morgan fingerprint density at radius 3 is 2.47 bits per heavy atom. The number of aromatic nitrogens is 1. The summed E-state index contributed by atoms with van der Waals surface area (Å²) in [5.74, 6) is -0.492. The number of carbonyl (C=O) groups excluding carboxylic acids is 2. The minimum atomic E-state index is -0.343. The van der Waals surface area contributed by atoms with Crippen molar-refractivity contribution in [2.24, 2.45) is 0 Å². The van der Waals surface area contributed by atoms with Gasteiger partial charge in [0.2, 0.25) is 0 Å². The average molecular weight is 266 g/mol. The first-order chi connectivity index (χ1) is 9.19. The molecule has 0 atom stereocenters. The van der Waals surface area contributed by atoms with Crippen molar-refractivity contribution in [3.63, 3.8) is 0 Å². The molecule has 6 nitrogen and oxygen atoms in total. The molecule has 104 valence electrons. The van der Waals surface area contributed by atoms with Crippen LogP contribution in [0.3, 0.4) is 0 Å². The first-order valence-corrected chi connectivity index (χ1v) is 5.94. The fraction of sp³-hybridized carbons (Fsp3) is 0.462. The highest BCUT2D eigenvalue weighted by atomic mass is 16.5. The van der Waals surface area contributed by atoms with Crippen molar-refractivity contribution in [3.05, 3.63) is 30.1 Å². The molecule has 1 aromatic heterocycles. The standard InChI is InChI=1S/C13H18N2O4/c1-18-10-9-15(8-5-12(16)19-2)13(17)11-3-6-14-7-4-11/h3-4,6-7H,5,8-10H2,1-2H3. The fourth-order valence-electron chi connectivity index (χ4n) is 1.52. The van der Waals surface area contributed by atoms with Crippen LogP contribution in [0.4, 0.5) is 0 Å². The summed E-state index contributed by atoms with van der Waals surface area (Å²) >= 11 is 0. The molecular formula is C13H18N2O4. The topological polar surface area (TPSA) is 68.7 Å². The number of ether oxygens (including phenoxy) is 2. The lowest BCUT2D eigenvalue weighted by atomic mass is 10.2. The highest BCUT2D eigenvalue weighted by Crippen LogP contribution is 2.05. The molecule has 0 aliphatic carbocycles. The Kier molecular flexibility index (Phi) is 6.52. The van der Waals surface area contributed by atoms with Crippen LogP contribution in [0.5, 0.6) is 0 Å². The van der Waals surface area contributed by atoms with Crippen molar-refractivity contribution in [1.29, 1.82) is 0 Å². The van der Waals surface area contributed by atoms with Crippen LogP contribution in [0.25, 0.3) is 0 Å². The first-order valence-electron chi connectivity index (χ1n) is 5.94. The van der Waals surface area contributed by atoms with Crippen molar-refractivity contribution < 1.29 is 19.1 Å². The normalized spacial score (nSPS) is 10.0. The molecule has 1 amide bonds. The number of amides is 1. The van der Waals surface area contributed by atoms with E-state index in [2.05, 4.69) is 9.72 Å². The molecule has 0 saturated carbocycles. The maximum Gasteiger partial charge on any atom is 0.307 e. The van der Waals surface area contributed by atoms with Crippen LogP contribution in [-0.2, 0) is 14.3 Å². The van der Waals surface area contributed by atoms with Gasteiger partial charge in [-0.25, -0.2) is 0 Å². The molecule has 0 aromatic carbocycles. The lowest BCUT2D eigenvalue weighted by Gasteiger charge is -2.21. The van der Waals surface area contributed by atoms with Crippen molar-refractivity contribution in [2.75, 3.05) is 33.9 Å². The van der Waals surface area contributed by atoms with Gasteiger partial charge < -0.3 is 14.4 Å². The van der Waals surface area contributed by atoms with Gasteiger partial charge in [0.05, 0.1) is 20.1 Å². The van der Waals surface area contributed by atoms with Crippen molar-refractivity contribution >= 4 is 11.9 Å². The second-order valence-corrected chi connectivity index (χ2v) is 3.85. The van der Waals surface area contributed by atoms with E-state index in [9.17, 15) is 9.59 Å². The lowest BCUT2D eigenvalue weighted by Crippen LogP contribution is -2.35. The zero-order chi connectivity index (χ0) is 14.1. The Labute approximate surface area is 112 Å². The van der Waals surface area contributed by atoms with Crippen LogP contribution in [0.2, 0.25) is 0 Å². The highest BCUT2D eigenvalue weighted by Gasteiger charge is 2.16. The molecule has 1 rings (SSSR count). The van der Waals surface area contributed by atoms with E-state index in [1.54, 1.807) is 36.5 Å². The van der Waals surface area contributed by atoms with Crippen LogP contribution in [0.15, 0.2) is 24.5 Å². The van der Waals surface area contributed by atoms with Crippen molar-refractivity contribution in [1.82, 2.24) is 9.88 Å². The van der Waals surface area contributed by atoms with Gasteiger partial charge in [0.15, 0.2) is 0 Å². The van der Waals surface area contributed by atoms with Gasteiger partial charge in [-0.15, -0.1) is 0 Å². The van der Waals surface area contributed by atoms with Gasteiger partial charge in [-0.1, -0.05) is 0 Å². The van der Waals surface area contributed by atoms with Gasteiger partial charge in [0, 0.05) is 38.2 Å². The van der Waals surface area contributed by atoms with Crippen molar-refractivity contribution in [2.45, 2.75) is 6.42 Å². The number of esters is 1. The van der Waals surface area contributed by atoms with E-state index >= 15 is 0 Å². The number of hydrogen-bond donors (Lipinski definition) is 0. The summed E-state index contributed by atoms with van der Waals surface area (Å²) in [4.78, 5) is 28.8. The number of carbonyl (C=O) groups is 2. The van der Waals surface area contributed by atoms with Gasteiger partial charge in [-0.2, -0.15) is 0 Å². The Bertz CT molecular complexity index is 408. The molecular weight excluding hydrogens is 248 g/mol. The maximum absolute atomic E-state index is 12.2. The van der Waals surface area contributed by atoms with Crippen LogP contribution < -0.4 is 0 Å². The molecule has 0 bridgehead atoms. The molecule has 0 radical (unpaired) electrons. The minimum Gasteiger partial charge on any atom is -0.469 e. The summed E-state index contributed by atoms with van der Waals surface area (Å²) in [5, 5.41) is 0. The predicted octanol–water partition coefficient (Wildman–Crippen LogP) is 0.733. The molecule has 0 spiro atoms. The van der Waals surface area contributed by atoms with Crippen molar-refractivity contribution in [3.8, 4) is 0 Å². The summed E-state index contributed by atoms with van der Waals surface area (Å²) < 4.78 is 9.54. The number of pyridine rings is 1. The smallest absolute Gasteiger partial charge is 0.307 e. The van der Waals surface area contributed by atoms with E-state index in [1.807, 2.05) is 0 Å². The van der Waals surface area contributed by atoms with E-state index < -0.39 is 0 Å². The second kappa shape index (κ2) is 8.20. The summed E-state index contributed by atoms with van der Waals surface area (Å²) in [5.41, 5.74) is 0.538. The molecule has 1 heterocycles. The predicted molar refractivity (Wildman–Crippen MR) is 68.6 cm³/mol. The summed E-state index contributed by atoms with van der Waals surface area (Å²) in [6.07, 6.45) is 3.28.